The summed E-state index contributed by atoms with van der Waals surface area (Å²) in [4.78, 5) is 0. The molecule has 21 heavy (non-hydrogen) atoms. The first-order valence-electron chi connectivity index (χ1n) is 6.14. The molecule has 2 aromatic carbocycles. The molecule has 2 nitrogen and oxygen atoms in total. The minimum atomic E-state index is -1.16. The third kappa shape index (κ3) is 3.89. The molecule has 0 fully saturated rings. The Labute approximate surface area is 140 Å². The van der Waals surface area contributed by atoms with Crippen molar-refractivity contribution in [1.82, 2.24) is 0 Å². The molecule has 2 rings (SSSR count). The van der Waals surface area contributed by atoms with Crippen molar-refractivity contribution in [1.29, 1.82) is 0 Å². The fraction of sp³-hybridized carbons (Fsp3) is 0.200. The molecule has 2 atom stereocenters. The second-order valence-corrected chi connectivity index (χ2v) is 6.16. The lowest BCUT2D eigenvalue weighted by atomic mass is 10.0. The predicted octanol–water partition coefficient (Wildman–Crippen LogP) is 5.40. The fourth-order valence-corrected chi connectivity index (χ4v) is 2.50. The quantitative estimate of drug-likeness (QED) is 0.705. The van der Waals surface area contributed by atoms with Crippen LogP contribution in [-0.4, -0.2) is 11.2 Å². The summed E-state index contributed by atoms with van der Waals surface area (Å²) in [5, 5.41) is 10.7. The van der Waals surface area contributed by atoms with Gasteiger partial charge < -0.3 is 9.84 Å². The van der Waals surface area contributed by atoms with E-state index in [-0.39, 0.29) is 10.6 Å². The summed E-state index contributed by atoms with van der Waals surface area (Å²) in [5.74, 6) is -0.169. The largest absolute Gasteiger partial charge is 0.488 e. The maximum Gasteiger partial charge on any atom is 0.148 e. The van der Waals surface area contributed by atoms with Crippen molar-refractivity contribution in [3.8, 4) is 5.75 Å². The number of aliphatic hydroxyl groups is 1. The summed E-state index contributed by atoms with van der Waals surface area (Å²) < 4.78 is 20.1. The highest BCUT2D eigenvalue weighted by molar-refractivity contribution is 9.10. The molecule has 0 bridgehead atoms. The van der Waals surface area contributed by atoms with Crippen LogP contribution in [0.25, 0.3) is 0 Å². The van der Waals surface area contributed by atoms with E-state index >= 15 is 0 Å². The lowest BCUT2D eigenvalue weighted by Gasteiger charge is -2.22. The molecule has 0 radical (unpaired) electrons. The normalized spacial score (nSPS) is 13.8. The molecule has 2 aromatic rings. The Morgan fingerprint density at radius 2 is 1.95 bits per heavy atom. The Balaban J connectivity index is 2.20. The summed E-state index contributed by atoms with van der Waals surface area (Å²) in [6.45, 7) is 1.64. The van der Waals surface area contributed by atoms with Crippen LogP contribution in [0.1, 0.15) is 18.6 Å². The van der Waals surface area contributed by atoms with Crippen LogP contribution in [-0.2, 0) is 0 Å². The molecule has 0 aliphatic carbocycles. The molecule has 0 aromatic heterocycles. The van der Waals surface area contributed by atoms with Crippen molar-refractivity contribution >= 4 is 39.1 Å². The van der Waals surface area contributed by atoms with Crippen molar-refractivity contribution < 1.29 is 14.2 Å². The number of ether oxygens (including phenoxy) is 1. The average molecular weight is 394 g/mol. The number of benzene rings is 2. The minimum Gasteiger partial charge on any atom is -0.488 e. The Morgan fingerprint density at radius 3 is 2.62 bits per heavy atom. The summed E-state index contributed by atoms with van der Waals surface area (Å²) in [7, 11) is 0. The number of rotatable bonds is 4. The van der Waals surface area contributed by atoms with Crippen LogP contribution in [0, 0.1) is 5.82 Å². The van der Waals surface area contributed by atoms with Gasteiger partial charge in [0.2, 0.25) is 0 Å². The van der Waals surface area contributed by atoms with Gasteiger partial charge in [-0.1, -0.05) is 35.3 Å². The number of hydrogen-bond acceptors (Lipinski definition) is 2. The van der Waals surface area contributed by atoms with Crippen LogP contribution >= 0.6 is 39.1 Å². The van der Waals surface area contributed by atoms with Crippen LogP contribution in [0.5, 0.6) is 5.75 Å². The van der Waals surface area contributed by atoms with Crippen LogP contribution in [0.2, 0.25) is 10.0 Å². The Hall–Kier alpha value is -0.810. The molecule has 0 amide bonds. The predicted molar refractivity (Wildman–Crippen MR) is 85.6 cm³/mol. The van der Waals surface area contributed by atoms with E-state index in [2.05, 4.69) is 15.9 Å². The van der Waals surface area contributed by atoms with Gasteiger partial charge in [-0.15, -0.1) is 0 Å². The van der Waals surface area contributed by atoms with Gasteiger partial charge in [0, 0.05) is 15.1 Å². The van der Waals surface area contributed by atoms with E-state index < -0.39 is 18.0 Å². The van der Waals surface area contributed by atoms with Gasteiger partial charge >= 0.3 is 0 Å². The maximum absolute atomic E-state index is 14.1. The van der Waals surface area contributed by atoms with Gasteiger partial charge in [0.25, 0.3) is 0 Å². The third-order valence-electron chi connectivity index (χ3n) is 2.95. The number of aliphatic hydroxyl groups excluding tert-OH is 1. The van der Waals surface area contributed by atoms with Crippen LogP contribution in [0.4, 0.5) is 4.39 Å². The van der Waals surface area contributed by atoms with Crippen LogP contribution in [0.15, 0.2) is 40.9 Å². The minimum absolute atomic E-state index is 0.0681. The highest BCUT2D eigenvalue weighted by atomic mass is 79.9. The summed E-state index contributed by atoms with van der Waals surface area (Å²) >= 11 is 14.8. The monoisotopic (exact) mass is 392 g/mol. The first kappa shape index (κ1) is 16.6. The Bertz CT molecular complexity index is 652. The van der Waals surface area contributed by atoms with Gasteiger partial charge in [-0.2, -0.15) is 0 Å². The van der Waals surface area contributed by atoms with E-state index in [1.54, 1.807) is 37.3 Å². The van der Waals surface area contributed by atoms with Gasteiger partial charge in [0.1, 0.15) is 23.8 Å². The molecule has 0 spiro atoms. The van der Waals surface area contributed by atoms with Gasteiger partial charge in [-0.3, -0.25) is 0 Å². The van der Waals surface area contributed by atoms with Gasteiger partial charge in [0.05, 0.1) is 5.02 Å². The van der Waals surface area contributed by atoms with Gasteiger partial charge in [0.15, 0.2) is 0 Å². The van der Waals surface area contributed by atoms with Crippen molar-refractivity contribution in [2.75, 3.05) is 0 Å². The van der Waals surface area contributed by atoms with E-state index in [0.29, 0.717) is 15.2 Å². The zero-order valence-corrected chi connectivity index (χ0v) is 14.1. The van der Waals surface area contributed by atoms with E-state index in [4.69, 9.17) is 27.9 Å². The smallest absolute Gasteiger partial charge is 0.148 e. The standard InChI is InChI=1S/C15H12BrCl2FO2/c1-8(21-10-4-2-3-9(17)7-10)15(20)11-5-6-12(16)13(18)14(11)19/h2-8,15,20H,1H3. The average Bonchev–Trinajstić information content (AvgIpc) is 2.44. The molecule has 6 heteroatoms. The molecular weight excluding hydrogens is 382 g/mol. The summed E-state index contributed by atoms with van der Waals surface area (Å²) in [5.41, 5.74) is 0.0812. The molecule has 0 aliphatic heterocycles. The zero-order valence-electron chi connectivity index (χ0n) is 11.0. The third-order valence-corrected chi connectivity index (χ3v) is 4.44. The van der Waals surface area contributed by atoms with E-state index in [0.717, 1.165) is 0 Å². The fourth-order valence-electron chi connectivity index (χ4n) is 1.84. The topological polar surface area (TPSA) is 29.5 Å². The second-order valence-electron chi connectivity index (χ2n) is 4.49. The molecule has 2 unspecified atom stereocenters. The van der Waals surface area contributed by atoms with Gasteiger partial charge in [-0.25, -0.2) is 4.39 Å². The number of halogens is 4. The first-order valence-corrected chi connectivity index (χ1v) is 7.68. The van der Waals surface area contributed by atoms with Crippen molar-refractivity contribution in [2.24, 2.45) is 0 Å². The highest BCUT2D eigenvalue weighted by Crippen LogP contribution is 2.32. The van der Waals surface area contributed by atoms with Crippen molar-refractivity contribution in [3.05, 3.63) is 62.3 Å². The van der Waals surface area contributed by atoms with Crippen molar-refractivity contribution in [2.45, 2.75) is 19.1 Å². The summed E-state index contributed by atoms with van der Waals surface area (Å²) in [6, 6.07) is 9.82. The number of hydrogen-bond donors (Lipinski definition) is 1. The molecule has 0 saturated heterocycles. The summed E-state index contributed by atoms with van der Waals surface area (Å²) in [6.07, 6.45) is -1.83. The molecule has 0 aliphatic rings. The van der Waals surface area contributed by atoms with Crippen LogP contribution < -0.4 is 4.74 Å². The Morgan fingerprint density at radius 1 is 1.24 bits per heavy atom. The van der Waals surface area contributed by atoms with E-state index in [9.17, 15) is 9.50 Å². The maximum atomic E-state index is 14.1. The zero-order chi connectivity index (χ0) is 15.6. The SMILES string of the molecule is CC(Oc1cccc(Cl)c1)C(O)c1ccc(Br)c(Cl)c1F. The van der Waals surface area contributed by atoms with Crippen molar-refractivity contribution in [3.63, 3.8) is 0 Å². The first-order chi connectivity index (χ1) is 9.90. The van der Waals surface area contributed by atoms with Gasteiger partial charge in [-0.05, 0) is 47.1 Å². The second kappa shape index (κ2) is 6.97. The molecule has 112 valence electrons. The lowest BCUT2D eigenvalue weighted by Crippen LogP contribution is -2.22. The molecule has 0 saturated carbocycles. The van der Waals surface area contributed by atoms with E-state index in [1.807, 2.05) is 0 Å². The highest BCUT2D eigenvalue weighted by Gasteiger charge is 2.23. The lowest BCUT2D eigenvalue weighted by molar-refractivity contribution is 0.0443. The molecule has 1 N–H and O–H groups in total. The van der Waals surface area contributed by atoms with E-state index in [1.165, 1.54) is 6.07 Å². The Kier molecular flexibility index (Phi) is 5.49. The molecule has 0 heterocycles. The molecular formula is C15H12BrCl2FO2. The van der Waals surface area contributed by atoms with Crippen LogP contribution in [0.3, 0.4) is 0 Å².